The van der Waals surface area contributed by atoms with Crippen LogP contribution < -0.4 is 9.47 Å². The van der Waals surface area contributed by atoms with E-state index in [0.717, 1.165) is 11.8 Å². The van der Waals surface area contributed by atoms with E-state index in [9.17, 15) is 5.11 Å². The largest absolute Gasteiger partial charge is 0.516 e. The summed E-state index contributed by atoms with van der Waals surface area (Å²) in [6.07, 6.45) is 5.90. The van der Waals surface area contributed by atoms with Gasteiger partial charge in [-0.25, -0.2) is 15.0 Å². The van der Waals surface area contributed by atoms with Gasteiger partial charge in [-0.15, -0.1) is 0 Å². The highest BCUT2D eigenvalue weighted by atomic mass is 16.5. The minimum absolute atomic E-state index is 0.0216. The van der Waals surface area contributed by atoms with Crippen LogP contribution in [0.1, 0.15) is 12.2 Å². The lowest BCUT2D eigenvalue weighted by Gasteiger charge is -2.11. The Hall–Kier alpha value is -3.95. The molecule has 34 heavy (non-hydrogen) atoms. The van der Waals surface area contributed by atoms with E-state index in [1.807, 2.05) is 24.3 Å². The van der Waals surface area contributed by atoms with Crippen molar-refractivity contribution >= 4 is 6.08 Å². The van der Waals surface area contributed by atoms with Crippen molar-refractivity contribution in [2.24, 2.45) is 0 Å². The lowest BCUT2D eigenvalue weighted by molar-refractivity contribution is 0.0553. The summed E-state index contributed by atoms with van der Waals surface area (Å²) in [5.41, 5.74) is 1.18. The predicted octanol–water partition coefficient (Wildman–Crippen LogP) is 3.78. The molecule has 0 aliphatic heterocycles. The molecule has 0 bridgehead atoms. The van der Waals surface area contributed by atoms with Gasteiger partial charge in [-0.2, -0.15) is 0 Å². The van der Waals surface area contributed by atoms with Crippen LogP contribution in [-0.4, -0.2) is 63.8 Å². The summed E-state index contributed by atoms with van der Waals surface area (Å²) in [6, 6.07) is 12.2. The first kappa shape index (κ1) is 24.7. The SMILES string of the molecule is COc1ccc(-c2nc(/C=C/CC(/C=C/O)OCCO)nc(-c3ccc(OC)cc3O)n2)cc1. The van der Waals surface area contributed by atoms with Crippen molar-refractivity contribution in [3.63, 3.8) is 0 Å². The van der Waals surface area contributed by atoms with Gasteiger partial charge in [0.25, 0.3) is 0 Å². The van der Waals surface area contributed by atoms with Crippen LogP contribution in [0.2, 0.25) is 0 Å². The number of hydrogen-bond acceptors (Lipinski definition) is 9. The van der Waals surface area contributed by atoms with Crippen molar-refractivity contribution in [1.82, 2.24) is 15.0 Å². The van der Waals surface area contributed by atoms with Crippen LogP contribution >= 0.6 is 0 Å². The molecule has 1 aromatic heterocycles. The Morgan fingerprint density at radius 3 is 2.29 bits per heavy atom. The Labute approximate surface area is 197 Å². The number of phenols is 1. The van der Waals surface area contributed by atoms with Crippen molar-refractivity contribution in [3.8, 4) is 40.0 Å². The van der Waals surface area contributed by atoms with E-state index < -0.39 is 6.10 Å². The monoisotopic (exact) mass is 465 g/mol. The summed E-state index contributed by atoms with van der Waals surface area (Å²) in [4.78, 5) is 13.6. The molecule has 0 saturated carbocycles. The van der Waals surface area contributed by atoms with Gasteiger partial charge in [-0.05, 0) is 55.0 Å². The molecule has 0 radical (unpaired) electrons. The van der Waals surface area contributed by atoms with E-state index in [-0.39, 0.29) is 19.0 Å². The van der Waals surface area contributed by atoms with Gasteiger partial charge in [-0.1, -0.05) is 6.08 Å². The van der Waals surface area contributed by atoms with Crippen molar-refractivity contribution in [1.29, 1.82) is 0 Å². The number of aromatic nitrogens is 3. The third-order valence-corrected chi connectivity index (χ3v) is 4.81. The quantitative estimate of drug-likeness (QED) is 0.363. The van der Waals surface area contributed by atoms with Crippen LogP contribution in [0.25, 0.3) is 28.9 Å². The third-order valence-electron chi connectivity index (χ3n) is 4.81. The van der Waals surface area contributed by atoms with Crippen LogP contribution in [0.15, 0.2) is 60.9 Å². The second-order valence-electron chi connectivity index (χ2n) is 7.06. The van der Waals surface area contributed by atoms with Gasteiger partial charge in [-0.3, -0.25) is 0 Å². The van der Waals surface area contributed by atoms with E-state index in [1.54, 1.807) is 31.4 Å². The summed E-state index contributed by atoms with van der Waals surface area (Å²) in [7, 11) is 3.11. The molecule has 9 heteroatoms. The maximum Gasteiger partial charge on any atom is 0.167 e. The van der Waals surface area contributed by atoms with Crippen molar-refractivity contribution in [2.75, 3.05) is 27.4 Å². The predicted molar refractivity (Wildman–Crippen MR) is 128 cm³/mol. The number of ether oxygens (including phenoxy) is 3. The van der Waals surface area contributed by atoms with Gasteiger partial charge in [0, 0.05) is 11.6 Å². The van der Waals surface area contributed by atoms with E-state index in [2.05, 4.69) is 15.0 Å². The Bertz CT molecular complexity index is 1130. The van der Waals surface area contributed by atoms with E-state index in [4.69, 9.17) is 24.4 Å². The summed E-state index contributed by atoms with van der Waals surface area (Å²) in [6.45, 7) is 0.0317. The number of rotatable bonds is 11. The lowest BCUT2D eigenvalue weighted by Crippen LogP contribution is -2.12. The molecule has 9 nitrogen and oxygen atoms in total. The topological polar surface area (TPSA) is 127 Å². The van der Waals surface area contributed by atoms with E-state index in [1.165, 1.54) is 19.3 Å². The van der Waals surface area contributed by atoms with Gasteiger partial charge < -0.3 is 29.5 Å². The molecule has 0 amide bonds. The maximum atomic E-state index is 10.5. The van der Waals surface area contributed by atoms with Gasteiger partial charge in [0.15, 0.2) is 17.5 Å². The molecule has 3 rings (SSSR count). The lowest BCUT2D eigenvalue weighted by atomic mass is 10.1. The molecule has 3 N–H and O–H groups in total. The fraction of sp³-hybridized carbons (Fsp3) is 0.240. The first-order valence-electron chi connectivity index (χ1n) is 10.6. The van der Waals surface area contributed by atoms with Crippen molar-refractivity contribution in [2.45, 2.75) is 12.5 Å². The first-order chi connectivity index (χ1) is 16.6. The van der Waals surface area contributed by atoms with Gasteiger partial charge in [0.05, 0.1) is 45.4 Å². The Morgan fingerprint density at radius 1 is 0.941 bits per heavy atom. The van der Waals surface area contributed by atoms with Crippen LogP contribution in [0.3, 0.4) is 0 Å². The molecule has 0 fully saturated rings. The molecule has 3 aromatic rings. The highest BCUT2D eigenvalue weighted by Crippen LogP contribution is 2.31. The average molecular weight is 466 g/mol. The molecular formula is C25H27N3O6. The number of benzene rings is 2. The number of nitrogens with zero attached hydrogens (tertiary/aromatic N) is 3. The number of aliphatic hydroxyl groups excluding tert-OH is 2. The van der Waals surface area contributed by atoms with Gasteiger partial charge >= 0.3 is 0 Å². The van der Waals surface area contributed by atoms with Crippen LogP contribution in [-0.2, 0) is 4.74 Å². The number of hydrogen-bond donors (Lipinski definition) is 3. The molecule has 1 atom stereocenters. The normalized spacial score (nSPS) is 12.3. The van der Waals surface area contributed by atoms with E-state index in [0.29, 0.717) is 41.0 Å². The summed E-state index contributed by atoms with van der Waals surface area (Å²) in [5, 5.41) is 28.5. The van der Waals surface area contributed by atoms with Crippen LogP contribution in [0, 0.1) is 0 Å². The van der Waals surface area contributed by atoms with Crippen LogP contribution in [0.5, 0.6) is 17.2 Å². The Kier molecular flexibility index (Phi) is 8.96. The molecule has 0 saturated heterocycles. The minimum Gasteiger partial charge on any atom is -0.516 e. The second-order valence-corrected chi connectivity index (χ2v) is 7.06. The van der Waals surface area contributed by atoms with Gasteiger partial charge in [0.2, 0.25) is 0 Å². The third kappa shape index (κ3) is 6.53. The molecular weight excluding hydrogens is 438 g/mol. The number of phenolic OH excluding ortho intramolecular Hbond substituents is 1. The first-order valence-corrected chi connectivity index (χ1v) is 10.6. The number of aromatic hydroxyl groups is 1. The molecule has 0 aliphatic rings. The van der Waals surface area contributed by atoms with Gasteiger partial charge in [0.1, 0.15) is 17.2 Å². The number of methoxy groups -OCH3 is 2. The average Bonchev–Trinajstić information content (AvgIpc) is 2.87. The highest BCUT2D eigenvalue weighted by molar-refractivity contribution is 5.68. The summed E-state index contributed by atoms with van der Waals surface area (Å²) in [5.74, 6) is 2.29. The zero-order valence-corrected chi connectivity index (χ0v) is 19.0. The molecule has 0 spiro atoms. The molecule has 1 heterocycles. The number of aliphatic hydroxyl groups is 2. The summed E-state index contributed by atoms with van der Waals surface area (Å²) < 4.78 is 15.8. The second kappa shape index (κ2) is 12.3. The Morgan fingerprint density at radius 2 is 1.65 bits per heavy atom. The van der Waals surface area contributed by atoms with E-state index >= 15 is 0 Å². The highest BCUT2D eigenvalue weighted by Gasteiger charge is 2.14. The standard InChI is InChI=1S/C25H27N3O6/c1-32-18-8-6-17(7-9-18)24-26-23(5-3-4-19(12-13-29)34-15-14-30)27-25(28-24)21-11-10-20(33-2)16-22(21)31/h3,5-13,16,19,29-31H,4,14-15H2,1-2H3/b5-3+,13-12+. The van der Waals surface area contributed by atoms with Crippen molar-refractivity contribution < 1.29 is 29.5 Å². The molecule has 178 valence electrons. The van der Waals surface area contributed by atoms with Crippen LogP contribution in [0.4, 0.5) is 0 Å². The Balaban J connectivity index is 1.98. The maximum absolute atomic E-state index is 10.5. The zero-order valence-electron chi connectivity index (χ0n) is 19.0. The molecule has 0 aliphatic carbocycles. The minimum atomic E-state index is -0.415. The summed E-state index contributed by atoms with van der Waals surface area (Å²) >= 11 is 0. The molecule has 1 unspecified atom stereocenters. The molecule has 2 aromatic carbocycles. The van der Waals surface area contributed by atoms with Crippen molar-refractivity contribution in [3.05, 3.63) is 66.7 Å². The smallest absolute Gasteiger partial charge is 0.167 e. The fourth-order valence-electron chi connectivity index (χ4n) is 3.09. The fourth-order valence-corrected chi connectivity index (χ4v) is 3.09. The zero-order chi connectivity index (χ0) is 24.3.